The lowest BCUT2D eigenvalue weighted by Crippen LogP contribution is -2.22. The topological polar surface area (TPSA) is 26.0 Å². The number of halogens is 1. The van der Waals surface area contributed by atoms with Crippen molar-refractivity contribution >= 4 is 15.9 Å². The number of rotatable bonds is 3. The van der Waals surface area contributed by atoms with E-state index in [1.54, 1.807) is 0 Å². The summed E-state index contributed by atoms with van der Waals surface area (Å²) < 4.78 is 1.21. The summed E-state index contributed by atoms with van der Waals surface area (Å²) in [6.07, 6.45) is 4.68. The van der Waals surface area contributed by atoms with Crippen LogP contribution in [0.3, 0.4) is 0 Å². The smallest absolute Gasteiger partial charge is 0.0207 e. The van der Waals surface area contributed by atoms with E-state index in [1.165, 1.54) is 34.0 Å². The molecule has 1 nitrogen and oxygen atoms in total. The lowest BCUT2D eigenvalue weighted by Gasteiger charge is -2.12. The first-order valence-electron chi connectivity index (χ1n) is 5.55. The van der Waals surface area contributed by atoms with Gasteiger partial charge in [-0.25, -0.2) is 0 Å². The minimum Gasteiger partial charge on any atom is -0.325 e. The standard InChI is InChI=1S/C13H18BrN/c1-9-8-12(14)10(2)7-11(9)3-4-13(15)5-6-13/h7-8H,3-6,15H2,1-2H3. The highest BCUT2D eigenvalue weighted by Gasteiger charge is 2.37. The monoisotopic (exact) mass is 267 g/mol. The fourth-order valence-corrected chi connectivity index (χ4v) is 2.36. The van der Waals surface area contributed by atoms with E-state index >= 15 is 0 Å². The fraction of sp³-hybridized carbons (Fsp3) is 0.538. The largest absolute Gasteiger partial charge is 0.325 e. The Morgan fingerprint density at radius 2 is 1.93 bits per heavy atom. The number of hydrogen-bond acceptors (Lipinski definition) is 1. The van der Waals surface area contributed by atoms with Gasteiger partial charge in [-0.1, -0.05) is 22.0 Å². The van der Waals surface area contributed by atoms with Crippen molar-refractivity contribution in [3.63, 3.8) is 0 Å². The van der Waals surface area contributed by atoms with Gasteiger partial charge in [0.05, 0.1) is 0 Å². The second-order valence-electron chi connectivity index (χ2n) is 4.89. The van der Waals surface area contributed by atoms with E-state index in [0.717, 1.165) is 12.8 Å². The van der Waals surface area contributed by atoms with Crippen LogP contribution in [-0.2, 0) is 6.42 Å². The molecule has 0 saturated heterocycles. The second kappa shape index (κ2) is 3.91. The molecule has 1 aliphatic carbocycles. The van der Waals surface area contributed by atoms with Crippen LogP contribution in [0.15, 0.2) is 16.6 Å². The van der Waals surface area contributed by atoms with Crippen LogP contribution in [0.25, 0.3) is 0 Å². The molecule has 0 aromatic heterocycles. The zero-order valence-electron chi connectivity index (χ0n) is 9.44. The van der Waals surface area contributed by atoms with Crippen LogP contribution >= 0.6 is 15.9 Å². The van der Waals surface area contributed by atoms with E-state index in [2.05, 4.69) is 41.9 Å². The summed E-state index contributed by atoms with van der Waals surface area (Å²) in [6, 6.07) is 4.49. The van der Waals surface area contributed by atoms with Crippen LogP contribution in [-0.4, -0.2) is 5.54 Å². The molecule has 0 amide bonds. The van der Waals surface area contributed by atoms with Gasteiger partial charge in [0.2, 0.25) is 0 Å². The molecule has 1 fully saturated rings. The summed E-state index contributed by atoms with van der Waals surface area (Å²) in [7, 11) is 0. The van der Waals surface area contributed by atoms with Gasteiger partial charge in [0.1, 0.15) is 0 Å². The first-order valence-corrected chi connectivity index (χ1v) is 6.34. The Balaban J connectivity index is 2.10. The molecule has 1 saturated carbocycles. The van der Waals surface area contributed by atoms with E-state index in [9.17, 15) is 0 Å². The maximum atomic E-state index is 6.10. The number of hydrogen-bond donors (Lipinski definition) is 1. The van der Waals surface area contributed by atoms with Gasteiger partial charge in [0.25, 0.3) is 0 Å². The molecule has 2 rings (SSSR count). The normalized spacial score (nSPS) is 17.9. The van der Waals surface area contributed by atoms with Gasteiger partial charge < -0.3 is 5.73 Å². The van der Waals surface area contributed by atoms with Crippen LogP contribution in [0.1, 0.15) is 36.0 Å². The van der Waals surface area contributed by atoms with Gasteiger partial charge in [-0.2, -0.15) is 0 Å². The Kier molecular flexibility index (Phi) is 2.91. The summed E-state index contributed by atoms with van der Waals surface area (Å²) >= 11 is 3.56. The van der Waals surface area contributed by atoms with Crippen molar-refractivity contribution < 1.29 is 0 Å². The van der Waals surface area contributed by atoms with Crippen molar-refractivity contribution in [3.05, 3.63) is 33.3 Å². The Labute approximate surface area is 100 Å². The summed E-state index contributed by atoms with van der Waals surface area (Å²) in [5.41, 5.74) is 10.4. The van der Waals surface area contributed by atoms with Gasteiger partial charge in [-0.05, 0) is 62.3 Å². The van der Waals surface area contributed by atoms with Gasteiger partial charge in [-0.3, -0.25) is 0 Å². The Hall–Kier alpha value is -0.340. The minimum absolute atomic E-state index is 0.174. The maximum Gasteiger partial charge on any atom is 0.0207 e. The summed E-state index contributed by atoms with van der Waals surface area (Å²) in [5.74, 6) is 0. The quantitative estimate of drug-likeness (QED) is 0.892. The molecule has 2 N–H and O–H groups in total. The van der Waals surface area contributed by atoms with Crippen LogP contribution in [0.4, 0.5) is 0 Å². The summed E-state index contributed by atoms with van der Waals surface area (Å²) in [4.78, 5) is 0. The van der Waals surface area contributed by atoms with Gasteiger partial charge >= 0.3 is 0 Å². The average Bonchev–Trinajstić information content (AvgIpc) is 2.89. The molecule has 0 atom stereocenters. The predicted octanol–water partition coefficient (Wildman–Crippen LogP) is 3.49. The van der Waals surface area contributed by atoms with Crippen LogP contribution in [0, 0.1) is 13.8 Å². The molecule has 0 aliphatic heterocycles. The van der Waals surface area contributed by atoms with Crippen molar-refractivity contribution in [2.24, 2.45) is 5.73 Å². The third kappa shape index (κ3) is 2.61. The molecule has 0 heterocycles. The minimum atomic E-state index is 0.174. The molecular weight excluding hydrogens is 250 g/mol. The fourth-order valence-electron chi connectivity index (χ4n) is 1.90. The molecule has 1 aromatic rings. The molecule has 2 heteroatoms. The highest BCUT2D eigenvalue weighted by atomic mass is 79.9. The maximum absolute atomic E-state index is 6.10. The third-order valence-electron chi connectivity index (χ3n) is 3.40. The Morgan fingerprint density at radius 3 is 2.53 bits per heavy atom. The molecule has 15 heavy (non-hydrogen) atoms. The zero-order chi connectivity index (χ0) is 11.1. The lowest BCUT2D eigenvalue weighted by atomic mass is 9.98. The molecule has 0 bridgehead atoms. The molecule has 0 radical (unpaired) electrons. The van der Waals surface area contributed by atoms with E-state index in [0.29, 0.717) is 0 Å². The van der Waals surface area contributed by atoms with Crippen LogP contribution in [0.5, 0.6) is 0 Å². The van der Waals surface area contributed by atoms with E-state index in [-0.39, 0.29) is 5.54 Å². The van der Waals surface area contributed by atoms with E-state index in [1.807, 2.05) is 0 Å². The Morgan fingerprint density at radius 1 is 1.27 bits per heavy atom. The van der Waals surface area contributed by atoms with Crippen LogP contribution in [0.2, 0.25) is 0 Å². The molecular formula is C13H18BrN. The zero-order valence-corrected chi connectivity index (χ0v) is 11.0. The lowest BCUT2D eigenvalue weighted by molar-refractivity contribution is 0.608. The van der Waals surface area contributed by atoms with Crippen molar-refractivity contribution in [1.29, 1.82) is 0 Å². The van der Waals surface area contributed by atoms with Crippen molar-refractivity contribution in [1.82, 2.24) is 0 Å². The highest BCUT2D eigenvalue weighted by Crippen LogP contribution is 2.37. The SMILES string of the molecule is Cc1cc(CCC2(N)CC2)c(C)cc1Br. The second-order valence-corrected chi connectivity index (χ2v) is 5.74. The number of nitrogens with two attached hydrogens (primary N) is 1. The predicted molar refractivity (Wildman–Crippen MR) is 68.1 cm³/mol. The van der Waals surface area contributed by atoms with E-state index in [4.69, 9.17) is 5.73 Å². The van der Waals surface area contributed by atoms with Gasteiger partial charge in [0.15, 0.2) is 0 Å². The summed E-state index contributed by atoms with van der Waals surface area (Å²) in [6.45, 7) is 4.32. The van der Waals surface area contributed by atoms with Crippen LogP contribution < -0.4 is 5.73 Å². The molecule has 1 aromatic carbocycles. The molecule has 0 unspecified atom stereocenters. The first kappa shape index (κ1) is 11.2. The first-order chi connectivity index (χ1) is 7.00. The molecule has 82 valence electrons. The van der Waals surface area contributed by atoms with Crippen molar-refractivity contribution in [3.8, 4) is 0 Å². The highest BCUT2D eigenvalue weighted by molar-refractivity contribution is 9.10. The van der Waals surface area contributed by atoms with Gasteiger partial charge in [0, 0.05) is 10.0 Å². The Bertz CT molecular complexity index is 380. The molecule has 1 aliphatic rings. The van der Waals surface area contributed by atoms with Crippen molar-refractivity contribution in [2.45, 2.75) is 45.1 Å². The molecule has 0 spiro atoms. The summed E-state index contributed by atoms with van der Waals surface area (Å²) in [5, 5.41) is 0. The average molecular weight is 268 g/mol. The third-order valence-corrected chi connectivity index (χ3v) is 4.26. The number of benzene rings is 1. The van der Waals surface area contributed by atoms with E-state index < -0.39 is 0 Å². The van der Waals surface area contributed by atoms with Crippen molar-refractivity contribution in [2.75, 3.05) is 0 Å². The number of aryl methyl sites for hydroxylation is 3. The van der Waals surface area contributed by atoms with Gasteiger partial charge in [-0.15, -0.1) is 0 Å².